The average Bonchev–Trinajstić information content (AvgIpc) is 3.27. The topological polar surface area (TPSA) is 83.0 Å². The van der Waals surface area contributed by atoms with Gasteiger partial charge in [0, 0.05) is 18.7 Å². The number of rotatable bonds is 9. The number of thiophene rings is 1. The van der Waals surface area contributed by atoms with Crippen LogP contribution in [-0.2, 0) is 17.1 Å². The monoisotopic (exact) mass is 402 g/mol. The van der Waals surface area contributed by atoms with E-state index >= 15 is 0 Å². The Kier molecular flexibility index (Phi) is 6.52. The third kappa shape index (κ3) is 5.33. The van der Waals surface area contributed by atoms with Crippen molar-refractivity contribution < 1.29 is 9.53 Å². The van der Waals surface area contributed by atoms with E-state index in [2.05, 4.69) is 16.3 Å². The predicted molar refractivity (Wildman–Crippen MR) is 109 cm³/mol. The summed E-state index contributed by atoms with van der Waals surface area (Å²) >= 11 is 3.18. The second kappa shape index (κ2) is 9.05. The summed E-state index contributed by atoms with van der Waals surface area (Å²) in [6.45, 7) is 4.48. The summed E-state index contributed by atoms with van der Waals surface area (Å²) in [6, 6.07) is 12.0. The highest BCUT2D eigenvalue weighted by Gasteiger charge is 2.16. The third-order valence-corrected chi connectivity index (χ3v) is 5.58. The zero-order valence-electron chi connectivity index (χ0n) is 15.3. The lowest BCUT2D eigenvalue weighted by Crippen LogP contribution is -2.14. The van der Waals surface area contributed by atoms with E-state index in [1.165, 1.54) is 0 Å². The van der Waals surface area contributed by atoms with Crippen molar-refractivity contribution in [3.8, 4) is 16.5 Å². The molecule has 0 spiro atoms. The Labute approximate surface area is 166 Å². The van der Waals surface area contributed by atoms with Gasteiger partial charge in [-0.15, -0.1) is 21.5 Å². The van der Waals surface area contributed by atoms with Crippen LogP contribution in [0.3, 0.4) is 0 Å². The highest BCUT2D eigenvalue weighted by atomic mass is 32.2. The smallest absolute Gasteiger partial charge is 0.219 e. The van der Waals surface area contributed by atoms with Crippen LogP contribution >= 0.6 is 23.1 Å². The van der Waals surface area contributed by atoms with Gasteiger partial charge in [0.05, 0.1) is 11.0 Å². The molecule has 0 aliphatic rings. The minimum Gasteiger partial charge on any atom is -0.491 e. The average molecular weight is 403 g/mol. The number of amides is 1. The number of primary amides is 1. The van der Waals surface area contributed by atoms with Gasteiger partial charge < -0.3 is 15.0 Å². The van der Waals surface area contributed by atoms with Gasteiger partial charge in [0.2, 0.25) is 5.91 Å². The first-order valence-electron chi connectivity index (χ1n) is 8.66. The number of carbonyl (C=O) groups is 1. The molecule has 0 unspecified atom stereocenters. The van der Waals surface area contributed by atoms with Gasteiger partial charge in [-0.1, -0.05) is 30.0 Å². The number of benzene rings is 1. The Balaban J connectivity index is 1.77. The zero-order chi connectivity index (χ0) is 19.2. The summed E-state index contributed by atoms with van der Waals surface area (Å²) in [5.74, 6) is 2.02. The molecule has 2 aromatic heterocycles. The van der Waals surface area contributed by atoms with Crippen LogP contribution in [-0.4, -0.2) is 26.8 Å². The Morgan fingerprint density at radius 3 is 2.85 bits per heavy atom. The van der Waals surface area contributed by atoms with Crippen molar-refractivity contribution in [1.29, 1.82) is 0 Å². The van der Waals surface area contributed by atoms with E-state index in [1.807, 2.05) is 54.1 Å². The van der Waals surface area contributed by atoms with E-state index in [0.29, 0.717) is 6.54 Å². The molecule has 0 saturated carbocycles. The molecule has 6 nitrogen and oxygen atoms in total. The van der Waals surface area contributed by atoms with E-state index in [-0.39, 0.29) is 18.4 Å². The number of thioether (sulfide) groups is 1. The van der Waals surface area contributed by atoms with Crippen molar-refractivity contribution in [2.75, 3.05) is 0 Å². The van der Waals surface area contributed by atoms with Crippen LogP contribution in [0, 0.1) is 0 Å². The predicted octanol–water partition coefficient (Wildman–Crippen LogP) is 3.96. The van der Waals surface area contributed by atoms with E-state index in [1.54, 1.807) is 23.1 Å². The molecule has 3 rings (SSSR count). The number of carbonyl (C=O) groups excluding carboxylic acids is 1. The number of aromatic nitrogens is 3. The van der Waals surface area contributed by atoms with Crippen molar-refractivity contribution in [1.82, 2.24) is 14.8 Å². The molecule has 142 valence electrons. The van der Waals surface area contributed by atoms with Crippen LogP contribution in [0.25, 0.3) is 10.7 Å². The molecule has 0 saturated heterocycles. The second-order valence-electron chi connectivity index (χ2n) is 6.25. The summed E-state index contributed by atoms with van der Waals surface area (Å²) in [5.41, 5.74) is 6.48. The zero-order valence-corrected chi connectivity index (χ0v) is 16.9. The minimum absolute atomic E-state index is 0.137. The quantitative estimate of drug-likeness (QED) is 0.548. The maximum atomic E-state index is 11.3. The number of nitrogens with two attached hydrogens (primary N) is 1. The molecular weight excluding hydrogens is 380 g/mol. The highest BCUT2D eigenvalue weighted by Crippen LogP contribution is 2.29. The van der Waals surface area contributed by atoms with Crippen LogP contribution < -0.4 is 10.5 Å². The Hall–Kier alpha value is -2.32. The van der Waals surface area contributed by atoms with E-state index in [0.717, 1.165) is 32.9 Å². The fourth-order valence-corrected chi connectivity index (χ4v) is 4.16. The molecule has 1 aromatic carbocycles. The summed E-state index contributed by atoms with van der Waals surface area (Å²) in [7, 11) is 0. The van der Waals surface area contributed by atoms with Crippen LogP contribution in [0.15, 0.2) is 46.9 Å². The summed E-state index contributed by atoms with van der Waals surface area (Å²) < 4.78 is 7.72. The van der Waals surface area contributed by atoms with Gasteiger partial charge in [-0.2, -0.15) is 0 Å². The lowest BCUT2D eigenvalue weighted by molar-refractivity contribution is -0.118. The van der Waals surface area contributed by atoms with Crippen molar-refractivity contribution in [3.63, 3.8) is 0 Å². The van der Waals surface area contributed by atoms with E-state index < -0.39 is 0 Å². The molecule has 27 heavy (non-hydrogen) atoms. The van der Waals surface area contributed by atoms with E-state index in [9.17, 15) is 4.79 Å². The second-order valence-corrected chi connectivity index (χ2v) is 8.14. The largest absolute Gasteiger partial charge is 0.491 e. The summed E-state index contributed by atoms with van der Waals surface area (Å²) in [5, 5.41) is 11.4. The molecule has 0 radical (unpaired) electrons. The van der Waals surface area contributed by atoms with Crippen LogP contribution in [0.5, 0.6) is 5.75 Å². The summed E-state index contributed by atoms with van der Waals surface area (Å²) in [6.07, 6.45) is 0.389. The lowest BCUT2D eigenvalue weighted by atomic mass is 10.2. The molecule has 8 heteroatoms. The fourth-order valence-electron chi connectivity index (χ4n) is 2.54. The maximum absolute atomic E-state index is 11.3. The molecule has 0 atom stereocenters. The Bertz CT molecular complexity index is 891. The van der Waals surface area contributed by atoms with Gasteiger partial charge >= 0.3 is 0 Å². The van der Waals surface area contributed by atoms with E-state index in [4.69, 9.17) is 10.5 Å². The molecular formula is C19H22N4O2S2. The van der Waals surface area contributed by atoms with Crippen molar-refractivity contribution in [2.24, 2.45) is 5.73 Å². The first kappa shape index (κ1) is 19.4. The molecule has 2 heterocycles. The molecule has 0 fully saturated rings. The van der Waals surface area contributed by atoms with Crippen molar-refractivity contribution in [2.45, 2.75) is 43.8 Å². The van der Waals surface area contributed by atoms with Gasteiger partial charge in [0.1, 0.15) is 5.75 Å². The first-order chi connectivity index (χ1) is 13.0. The molecule has 2 N–H and O–H groups in total. The number of hydrogen-bond donors (Lipinski definition) is 1. The number of hydrogen-bond acceptors (Lipinski definition) is 6. The van der Waals surface area contributed by atoms with Crippen LogP contribution in [0.1, 0.15) is 25.8 Å². The normalized spacial score (nSPS) is 11.1. The van der Waals surface area contributed by atoms with Gasteiger partial charge in [-0.05, 0) is 43.0 Å². The Morgan fingerprint density at radius 1 is 1.30 bits per heavy atom. The highest BCUT2D eigenvalue weighted by molar-refractivity contribution is 7.98. The van der Waals surface area contributed by atoms with Crippen molar-refractivity contribution >= 4 is 29.0 Å². The number of nitrogens with zero attached hydrogens (tertiary/aromatic N) is 3. The van der Waals surface area contributed by atoms with Gasteiger partial charge in [-0.3, -0.25) is 4.79 Å². The SMILES string of the molecule is CC(C)Oc1cccc(CSc2nnc(-c3cccs3)n2CCC(N)=O)c1. The standard InChI is InChI=1S/C19H22N4O2S2/c1-13(2)25-15-6-3-5-14(11-15)12-27-19-22-21-18(16-7-4-10-26-16)23(19)9-8-17(20)24/h3-7,10-11,13H,8-9,12H2,1-2H3,(H2,20,24). The first-order valence-corrected chi connectivity index (χ1v) is 10.5. The van der Waals surface area contributed by atoms with Crippen LogP contribution in [0.2, 0.25) is 0 Å². The molecule has 0 aliphatic heterocycles. The molecule has 0 bridgehead atoms. The maximum Gasteiger partial charge on any atom is 0.219 e. The minimum atomic E-state index is -0.338. The fraction of sp³-hybridized carbons (Fsp3) is 0.316. The molecule has 3 aromatic rings. The molecule has 1 amide bonds. The molecule has 0 aliphatic carbocycles. The van der Waals surface area contributed by atoms with Gasteiger partial charge in [0.15, 0.2) is 11.0 Å². The number of ether oxygens (including phenoxy) is 1. The van der Waals surface area contributed by atoms with Gasteiger partial charge in [-0.25, -0.2) is 0 Å². The third-order valence-electron chi connectivity index (χ3n) is 3.68. The Morgan fingerprint density at radius 2 is 2.15 bits per heavy atom. The summed E-state index contributed by atoms with van der Waals surface area (Å²) in [4.78, 5) is 12.3. The van der Waals surface area contributed by atoms with Crippen molar-refractivity contribution in [3.05, 3.63) is 47.3 Å². The van der Waals surface area contributed by atoms with Gasteiger partial charge in [0.25, 0.3) is 0 Å². The lowest BCUT2D eigenvalue weighted by Gasteiger charge is -2.11. The van der Waals surface area contributed by atoms with Crippen LogP contribution in [0.4, 0.5) is 0 Å².